The number of nitrogens with zero attached hydrogens (tertiary/aromatic N) is 1. The Morgan fingerprint density at radius 1 is 1.38 bits per heavy atom. The Bertz CT molecular complexity index is 597. The zero-order valence-corrected chi connectivity index (χ0v) is 11.7. The molecule has 2 rings (SSSR count). The molecule has 1 N–H and O–H groups in total. The van der Waals surface area contributed by atoms with Crippen molar-refractivity contribution in [3.63, 3.8) is 0 Å². The zero-order valence-electron chi connectivity index (χ0n) is 11.7. The first-order chi connectivity index (χ1) is 9.73. The number of carboxylic acids is 1. The molecule has 0 aromatic heterocycles. The van der Waals surface area contributed by atoms with Gasteiger partial charge in [-0.1, -0.05) is 6.07 Å². The summed E-state index contributed by atoms with van der Waals surface area (Å²) in [4.78, 5) is 23.8. The highest BCUT2D eigenvalue weighted by Crippen LogP contribution is 2.28. The zero-order chi connectivity index (χ0) is 15.8. The number of carboxylic acid groups (broad SMARTS) is 1. The molecule has 0 bridgehead atoms. The Hall–Kier alpha value is -2.02. The summed E-state index contributed by atoms with van der Waals surface area (Å²) < 4.78 is 32.7. The van der Waals surface area contributed by atoms with E-state index in [1.54, 1.807) is 6.92 Å². The van der Waals surface area contributed by atoms with Gasteiger partial charge in [-0.05, 0) is 25.5 Å². The Balaban J connectivity index is 2.08. The monoisotopic (exact) mass is 299 g/mol. The van der Waals surface area contributed by atoms with Crippen LogP contribution in [-0.2, 0) is 9.53 Å². The molecular formula is C14H15F2NO4. The number of amides is 1. The smallest absolute Gasteiger partial charge is 0.329 e. The molecule has 1 aromatic rings. The van der Waals surface area contributed by atoms with Crippen molar-refractivity contribution < 1.29 is 28.2 Å². The van der Waals surface area contributed by atoms with Crippen LogP contribution in [0.1, 0.15) is 22.8 Å². The molecule has 5 nitrogen and oxygen atoms in total. The van der Waals surface area contributed by atoms with Crippen molar-refractivity contribution in [2.75, 3.05) is 19.7 Å². The van der Waals surface area contributed by atoms with Crippen LogP contribution in [0.15, 0.2) is 12.1 Å². The summed E-state index contributed by atoms with van der Waals surface area (Å²) in [5, 5.41) is 8.55. The minimum absolute atomic E-state index is 0.0892. The Labute approximate surface area is 120 Å². The van der Waals surface area contributed by atoms with E-state index >= 15 is 0 Å². The molecule has 0 atom stereocenters. The standard InChI is InChI=1S/C14H15F2NO4/c1-8-3-4-9(15)11(12(8)16)13(20)17-6-14(2,7-17)21-5-10(18)19/h3-4H,5-7H2,1-2H3,(H,18,19). The Morgan fingerprint density at radius 3 is 2.57 bits per heavy atom. The first kappa shape index (κ1) is 15.4. The van der Waals surface area contributed by atoms with Crippen LogP contribution in [0, 0.1) is 18.6 Å². The fraction of sp³-hybridized carbons (Fsp3) is 0.429. The molecular weight excluding hydrogens is 284 g/mol. The quantitative estimate of drug-likeness (QED) is 0.917. The highest BCUT2D eigenvalue weighted by Gasteiger charge is 2.44. The molecule has 1 aromatic carbocycles. The number of hydrogen-bond donors (Lipinski definition) is 1. The van der Waals surface area contributed by atoms with Crippen molar-refractivity contribution in [1.29, 1.82) is 0 Å². The largest absolute Gasteiger partial charge is 0.480 e. The SMILES string of the molecule is Cc1ccc(F)c(C(=O)N2CC(C)(OCC(=O)O)C2)c1F. The first-order valence-corrected chi connectivity index (χ1v) is 6.33. The van der Waals surface area contributed by atoms with Gasteiger partial charge in [-0.2, -0.15) is 0 Å². The summed E-state index contributed by atoms with van der Waals surface area (Å²) in [5.74, 6) is -3.66. The molecule has 0 radical (unpaired) electrons. The van der Waals surface area contributed by atoms with Crippen LogP contribution in [0.2, 0.25) is 0 Å². The lowest BCUT2D eigenvalue weighted by molar-refractivity contribution is -0.159. The molecule has 1 aliphatic heterocycles. The lowest BCUT2D eigenvalue weighted by Gasteiger charge is -2.47. The maximum absolute atomic E-state index is 13.9. The molecule has 1 saturated heterocycles. The first-order valence-electron chi connectivity index (χ1n) is 6.33. The van der Waals surface area contributed by atoms with Gasteiger partial charge in [-0.3, -0.25) is 4.79 Å². The average Bonchev–Trinajstić information content (AvgIpc) is 2.37. The van der Waals surface area contributed by atoms with Crippen LogP contribution in [0.3, 0.4) is 0 Å². The topological polar surface area (TPSA) is 66.8 Å². The van der Waals surface area contributed by atoms with Gasteiger partial charge in [0.15, 0.2) is 0 Å². The number of carbonyl (C=O) groups excluding carboxylic acids is 1. The molecule has 21 heavy (non-hydrogen) atoms. The minimum Gasteiger partial charge on any atom is -0.480 e. The van der Waals surface area contributed by atoms with Gasteiger partial charge >= 0.3 is 5.97 Å². The van der Waals surface area contributed by atoms with Crippen LogP contribution < -0.4 is 0 Å². The Morgan fingerprint density at radius 2 is 2.00 bits per heavy atom. The molecule has 0 aliphatic carbocycles. The second-order valence-corrected chi connectivity index (χ2v) is 5.35. The van der Waals surface area contributed by atoms with E-state index in [2.05, 4.69) is 0 Å². The van der Waals surface area contributed by atoms with E-state index in [4.69, 9.17) is 9.84 Å². The van der Waals surface area contributed by atoms with E-state index in [-0.39, 0.29) is 18.7 Å². The highest BCUT2D eigenvalue weighted by molar-refractivity contribution is 5.95. The molecule has 0 saturated carbocycles. The number of benzene rings is 1. The summed E-state index contributed by atoms with van der Waals surface area (Å²) in [5.41, 5.74) is -1.20. The third-order valence-corrected chi connectivity index (χ3v) is 3.38. The average molecular weight is 299 g/mol. The summed E-state index contributed by atoms with van der Waals surface area (Å²) in [6, 6.07) is 2.31. The summed E-state index contributed by atoms with van der Waals surface area (Å²) in [6.45, 7) is 2.79. The van der Waals surface area contributed by atoms with Crippen LogP contribution in [0.5, 0.6) is 0 Å². The van der Waals surface area contributed by atoms with E-state index < -0.39 is 41.3 Å². The molecule has 0 unspecified atom stereocenters. The number of rotatable bonds is 4. The molecule has 114 valence electrons. The van der Waals surface area contributed by atoms with Crippen LogP contribution in [0.4, 0.5) is 8.78 Å². The lowest BCUT2D eigenvalue weighted by Crippen LogP contribution is -2.63. The minimum atomic E-state index is -1.11. The molecule has 1 fully saturated rings. The van der Waals surface area contributed by atoms with Gasteiger partial charge in [-0.25, -0.2) is 13.6 Å². The van der Waals surface area contributed by atoms with Gasteiger partial charge in [0.1, 0.15) is 29.4 Å². The van der Waals surface area contributed by atoms with Gasteiger partial charge in [0, 0.05) is 0 Å². The van der Waals surface area contributed by atoms with E-state index in [9.17, 15) is 18.4 Å². The summed E-state index contributed by atoms with van der Waals surface area (Å²) in [6.07, 6.45) is 0. The molecule has 0 spiro atoms. The van der Waals surface area contributed by atoms with Crippen LogP contribution >= 0.6 is 0 Å². The fourth-order valence-electron chi connectivity index (χ4n) is 2.24. The van der Waals surface area contributed by atoms with E-state index in [0.29, 0.717) is 0 Å². The number of hydrogen-bond acceptors (Lipinski definition) is 3. The van der Waals surface area contributed by atoms with Gasteiger partial charge in [0.05, 0.1) is 13.1 Å². The third kappa shape index (κ3) is 3.02. The second kappa shape index (κ2) is 5.40. The second-order valence-electron chi connectivity index (χ2n) is 5.35. The highest BCUT2D eigenvalue weighted by atomic mass is 19.1. The van der Waals surface area contributed by atoms with E-state index in [0.717, 1.165) is 6.07 Å². The fourth-order valence-corrected chi connectivity index (χ4v) is 2.24. The maximum Gasteiger partial charge on any atom is 0.329 e. The number of aliphatic carboxylic acids is 1. The third-order valence-electron chi connectivity index (χ3n) is 3.38. The lowest BCUT2D eigenvalue weighted by atomic mass is 9.94. The predicted molar refractivity (Wildman–Crippen MR) is 69.0 cm³/mol. The van der Waals surface area contributed by atoms with Crippen molar-refractivity contribution in [2.24, 2.45) is 0 Å². The molecule has 1 heterocycles. The number of likely N-dealkylation sites (tertiary alicyclic amines) is 1. The van der Waals surface area contributed by atoms with Crippen molar-refractivity contribution in [2.45, 2.75) is 19.4 Å². The normalized spacial score (nSPS) is 16.5. The molecule has 7 heteroatoms. The maximum atomic E-state index is 13.9. The number of ether oxygens (including phenoxy) is 1. The summed E-state index contributed by atoms with van der Waals surface area (Å²) in [7, 11) is 0. The van der Waals surface area contributed by atoms with Crippen LogP contribution in [0.25, 0.3) is 0 Å². The number of carbonyl (C=O) groups is 2. The van der Waals surface area contributed by atoms with Crippen molar-refractivity contribution in [3.8, 4) is 0 Å². The van der Waals surface area contributed by atoms with Crippen molar-refractivity contribution in [3.05, 3.63) is 34.9 Å². The van der Waals surface area contributed by atoms with Gasteiger partial charge in [0.25, 0.3) is 5.91 Å². The summed E-state index contributed by atoms with van der Waals surface area (Å²) >= 11 is 0. The predicted octanol–water partition coefficient (Wildman–Crippen LogP) is 1.59. The molecule has 1 amide bonds. The van der Waals surface area contributed by atoms with Gasteiger partial charge in [0.2, 0.25) is 0 Å². The van der Waals surface area contributed by atoms with E-state index in [1.807, 2.05) is 0 Å². The van der Waals surface area contributed by atoms with Gasteiger partial charge in [-0.15, -0.1) is 0 Å². The van der Waals surface area contributed by atoms with Crippen LogP contribution in [-0.4, -0.2) is 47.2 Å². The number of aryl methyl sites for hydroxylation is 1. The van der Waals surface area contributed by atoms with Gasteiger partial charge < -0.3 is 14.7 Å². The van der Waals surface area contributed by atoms with Crippen molar-refractivity contribution >= 4 is 11.9 Å². The molecule has 1 aliphatic rings. The number of halogens is 2. The Kier molecular flexibility index (Phi) is 3.95. The van der Waals surface area contributed by atoms with E-state index in [1.165, 1.54) is 17.9 Å². The van der Waals surface area contributed by atoms with Crippen molar-refractivity contribution in [1.82, 2.24) is 4.90 Å².